The summed E-state index contributed by atoms with van der Waals surface area (Å²) >= 11 is 0. The number of anilines is 1. The summed E-state index contributed by atoms with van der Waals surface area (Å²) < 4.78 is 0. The predicted molar refractivity (Wildman–Crippen MR) is 81.9 cm³/mol. The molecule has 0 bridgehead atoms. The summed E-state index contributed by atoms with van der Waals surface area (Å²) in [5.41, 5.74) is 4.21. The number of rotatable bonds is 4. The topological polar surface area (TPSA) is 44.0 Å². The van der Waals surface area contributed by atoms with E-state index in [0.29, 0.717) is 0 Å². The molecule has 106 valence electrons. The maximum Gasteiger partial charge on any atom is 0.122 e. The highest BCUT2D eigenvalue weighted by molar-refractivity contribution is 5.56. The molecule has 0 spiro atoms. The van der Waals surface area contributed by atoms with Gasteiger partial charge >= 0.3 is 0 Å². The summed E-state index contributed by atoms with van der Waals surface area (Å²) in [4.78, 5) is 9.78. The number of aromatic nitrogens is 2. The van der Waals surface area contributed by atoms with E-state index in [1.807, 2.05) is 6.20 Å². The van der Waals surface area contributed by atoms with Crippen molar-refractivity contribution in [3.63, 3.8) is 0 Å². The van der Waals surface area contributed by atoms with Crippen LogP contribution in [0.2, 0.25) is 0 Å². The van der Waals surface area contributed by atoms with Gasteiger partial charge in [-0.25, -0.2) is 4.98 Å². The minimum absolute atomic E-state index is 0.240. The number of nitrogens with one attached hydrogen (secondary N) is 2. The Hall–Kier alpha value is -1.81. The van der Waals surface area contributed by atoms with E-state index >= 15 is 0 Å². The maximum atomic E-state index is 4.28. The monoisotopic (exact) mass is 270 g/mol. The smallest absolute Gasteiger partial charge is 0.122 e. The van der Waals surface area contributed by atoms with Gasteiger partial charge in [-0.1, -0.05) is 12.1 Å². The van der Waals surface area contributed by atoms with E-state index in [9.17, 15) is 0 Å². The largest absolute Gasteiger partial charge is 0.374 e. The van der Waals surface area contributed by atoms with Crippen LogP contribution < -0.4 is 10.2 Å². The molecule has 1 aliphatic heterocycles. The molecule has 1 unspecified atom stereocenters. The fraction of sp³-hybridized carbons (Fsp3) is 0.438. The molecule has 2 N–H and O–H groups in total. The van der Waals surface area contributed by atoms with E-state index < -0.39 is 0 Å². The van der Waals surface area contributed by atoms with Gasteiger partial charge in [0, 0.05) is 38.2 Å². The van der Waals surface area contributed by atoms with Crippen LogP contribution in [0.1, 0.15) is 36.3 Å². The normalized spacial score (nSPS) is 16.0. The number of aromatic amines is 1. The first kappa shape index (κ1) is 13.2. The van der Waals surface area contributed by atoms with E-state index in [1.165, 1.54) is 36.2 Å². The summed E-state index contributed by atoms with van der Waals surface area (Å²) in [6.45, 7) is 4.17. The van der Waals surface area contributed by atoms with E-state index in [1.54, 1.807) is 6.20 Å². The van der Waals surface area contributed by atoms with Crippen molar-refractivity contribution in [3.8, 4) is 0 Å². The molecule has 0 saturated heterocycles. The molecule has 20 heavy (non-hydrogen) atoms. The van der Waals surface area contributed by atoms with E-state index in [-0.39, 0.29) is 6.04 Å². The third kappa shape index (κ3) is 2.70. The standard InChI is InChI=1S/C16H22N4/c1-12(16-17-7-8-18-16)19-11-13-5-6-15-14(10-13)4-3-9-20(15)2/h5-8,10,12,19H,3-4,9,11H2,1-2H3,(H,17,18). The molecular formula is C16H22N4. The van der Waals surface area contributed by atoms with Gasteiger partial charge in [0.2, 0.25) is 0 Å². The second-order valence-corrected chi connectivity index (χ2v) is 5.57. The van der Waals surface area contributed by atoms with Crippen molar-refractivity contribution in [1.29, 1.82) is 0 Å². The molecule has 2 aromatic rings. The molecule has 4 heteroatoms. The summed E-state index contributed by atoms with van der Waals surface area (Å²) in [5.74, 6) is 0.989. The first-order valence-electron chi connectivity index (χ1n) is 7.29. The zero-order valence-electron chi connectivity index (χ0n) is 12.2. The van der Waals surface area contributed by atoms with Crippen molar-refractivity contribution in [3.05, 3.63) is 47.5 Å². The molecule has 0 aliphatic carbocycles. The minimum atomic E-state index is 0.240. The van der Waals surface area contributed by atoms with Gasteiger partial charge in [0.15, 0.2) is 0 Å². The van der Waals surface area contributed by atoms with Crippen LogP contribution in [-0.2, 0) is 13.0 Å². The van der Waals surface area contributed by atoms with E-state index in [0.717, 1.165) is 12.4 Å². The highest BCUT2D eigenvalue weighted by atomic mass is 15.1. The van der Waals surface area contributed by atoms with Gasteiger partial charge in [-0.2, -0.15) is 0 Å². The number of hydrogen-bond acceptors (Lipinski definition) is 3. The van der Waals surface area contributed by atoms with Gasteiger partial charge in [-0.15, -0.1) is 0 Å². The quantitative estimate of drug-likeness (QED) is 0.897. The first-order valence-corrected chi connectivity index (χ1v) is 7.29. The average Bonchev–Trinajstić information content (AvgIpc) is 2.99. The van der Waals surface area contributed by atoms with Crippen LogP contribution in [0, 0.1) is 0 Å². The number of fused-ring (bicyclic) bond motifs is 1. The van der Waals surface area contributed by atoms with Crippen molar-refractivity contribution in [2.45, 2.75) is 32.4 Å². The van der Waals surface area contributed by atoms with Gasteiger partial charge in [0.1, 0.15) is 5.82 Å². The fourth-order valence-corrected chi connectivity index (χ4v) is 2.83. The molecule has 4 nitrogen and oxygen atoms in total. The Balaban J connectivity index is 1.66. The Morgan fingerprint density at radius 3 is 3.15 bits per heavy atom. The molecule has 1 aromatic carbocycles. The molecule has 0 fully saturated rings. The second kappa shape index (κ2) is 5.67. The molecular weight excluding hydrogens is 248 g/mol. The van der Waals surface area contributed by atoms with Crippen LogP contribution in [0.3, 0.4) is 0 Å². The first-order chi connectivity index (χ1) is 9.74. The Morgan fingerprint density at radius 1 is 1.45 bits per heavy atom. The van der Waals surface area contributed by atoms with E-state index in [2.05, 4.69) is 52.4 Å². The second-order valence-electron chi connectivity index (χ2n) is 5.57. The molecule has 1 atom stereocenters. The number of H-pyrrole nitrogens is 1. The Labute approximate surface area is 120 Å². The number of aryl methyl sites for hydroxylation is 1. The Morgan fingerprint density at radius 2 is 2.35 bits per heavy atom. The van der Waals surface area contributed by atoms with Crippen molar-refractivity contribution in [2.75, 3.05) is 18.5 Å². The highest BCUT2D eigenvalue weighted by Gasteiger charge is 2.14. The van der Waals surface area contributed by atoms with Gasteiger partial charge < -0.3 is 15.2 Å². The zero-order chi connectivity index (χ0) is 13.9. The number of hydrogen-bond donors (Lipinski definition) is 2. The molecule has 0 amide bonds. The maximum absolute atomic E-state index is 4.28. The van der Waals surface area contributed by atoms with Gasteiger partial charge in [-0.3, -0.25) is 0 Å². The fourth-order valence-electron chi connectivity index (χ4n) is 2.83. The number of benzene rings is 1. The molecule has 1 aliphatic rings. The molecule has 1 aromatic heterocycles. The zero-order valence-corrected chi connectivity index (χ0v) is 12.2. The molecule has 0 saturated carbocycles. The molecule has 2 heterocycles. The van der Waals surface area contributed by atoms with Crippen molar-refractivity contribution in [1.82, 2.24) is 15.3 Å². The van der Waals surface area contributed by atoms with E-state index in [4.69, 9.17) is 0 Å². The third-order valence-electron chi connectivity index (χ3n) is 4.04. The average molecular weight is 270 g/mol. The molecule has 3 rings (SSSR count). The SMILES string of the molecule is CC(NCc1ccc2c(c1)CCCN2C)c1ncc[nH]1. The molecule has 0 radical (unpaired) electrons. The Bertz CT molecular complexity index is 562. The lowest BCUT2D eigenvalue weighted by Gasteiger charge is -2.28. The van der Waals surface area contributed by atoms with Gasteiger partial charge in [-0.05, 0) is 37.0 Å². The van der Waals surface area contributed by atoms with Gasteiger partial charge in [0.05, 0.1) is 6.04 Å². The van der Waals surface area contributed by atoms with Crippen LogP contribution in [0.5, 0.6) is 0 Å². The third-order valence-corrected chi connectivity index (χ3v) is 4.04. The van der Waals surface area contributed by atoms with Crippen LogP contribution in [-0.4, -0.2) is 23.6 Å². The summed E-state index contributed by atoms with van der Waals surface area (Å²) in [5, 5.41) is 3.51. The van der Waals surface area contributed by atoms with Crippen molar-refractivity contribution in [2.24, 2.45) is 0 Å². The number of imidazole rings is 1. The van der Waals surface area contributed by atoms with Crippen LogP contribution in [0.4, 0.5) is 5.69 Å². The summed E-state index contributed by atoms with van der Waals surface area (Å²) in [7, 11) is 2.18. The number of nitrogens with zero attached hydrogens (tertiary/aromatic N) is 2. The lowest BCUT2D eigenvalue weighted by molar-refractivity contribution is 0.550. The summed E-state index contributed by atoms with van der Waals surface area (Å²) in [6.07, 6.45) is 6.11. The van der Waals surface area contributed by atoms with Crippen molar-refractivity contribution < 1.29 is 0 Å². The predicted octanol–water partition coefficient (Wildman–Crippen LogP) is 2.64. The highest BCUT2D eigenvalue weighted by Crippen LogP contribution is 2.26. The van der Waals surface area contributed by atoms with Crippen molar-refractivity contribution >= 4 is 5.69 Å². The lowest BCUT2D eigenvalue weighted by atomic mass is 9.99. The van der Waals surface area contributed by atoms with Crippen LogP contribution >= 0.6 is 0 Å². The van der Waals surface area contributed by atoms with Gasteiger partial charge in [0.25, 0.3) is 0 Å². The van der Waals surface area contributed by atoms with Crippen LogP contribution in [0.25, 0.3) is 0 Å². The summed E-state index contributed by atoms with van der Waals surface area (Å²) in [6, 6.07) is 7.06. The lowest BCUT2D eigenvalue weighted by Crippen LogP contribution is -2.25. The minimum Gasteiger partial charge on any atom is -0.374 e. The van der Waals surface area contributed by atoms with Crippen LogP contribution in [0.15, 0.2) is 30.6 Å². The Kier molecular flexibility index (Phi) is 3.74.